The summed E-state index contributed by atoms with van der Waals surface area (Å²) in [6.07, 6.45) is 0.847. The van der Waals surface area contributed by atoms with Crippen LogP contribution in [0.3, 0.4) is 0 Å². The van der Waals surface area contributed by atoms with Crippen LogP contribution in [0.5, 0.6) is 23.0 Å². The maximum atomic E-state index is 14.0. The molecular formula is C33H34N2O6. The summed E-state index contributed by atoms with van der Waals surface area (Å²) < 4.78 is 16.3. The molecular weight excluding hydrogens is 520 g/mol. The molecule has 8 nitrogen and oxygen atoms in total. The fourth-order valence-electron chi connectivity index (χ4n) is 5.79. The van der Waals surface area contributed by atoms with Crippen molar-refractivity contribution in [3.63, 3.8) is 0 Å². The highest BCUT2D eigenvalue weighted by Gasteiger charge is 2.41. The highest BCUT2D eigenvalue weighted by atomic mass is 16.5. The third-order valence-electron chi connectivity index (χ3n) is 7.88. The number of aryl methyl sites for hydroxylation is 1. The molecule has 212 valence electrons. The maximum absolute atomic E-state index is 14.0. The Bertz CT molecular complexity index is 1590. The van der Waals surface area contributed by atoms with Crippen molar-refractivity contribution in [3.8, 4) is 23.0 Å². The SMILES string of the molecule is COc1cc([C@H]2C(C(=O)Nc3ccccc3C)=C(C)NC3=C2C(=O)C[C@H](c2ccc(OC)c(OC)c2)C3)ccc1O. The molecule has 1 aliphatic heterocycles. The largest absolute Gasteiger partial charge is 0.504 e. The van der Waals surface area contributed by atoms with E-state index in [4.69, 9.17) is 14.2 Å². The number of aromatic hydroxyl groups is 1. The number of phenolic OH excluding ortho intramolecular Hbond substituents is 1. The van der Waals surface area contributed by atoms with E-state index in [0.29, 0.717) is 46.0 Å². The molecule has 1 aliphatic carbocycles. The van der Waals surface area contributed by atoms with Crippen LogP contribution in [0.15, 0.2) is 83.2 Å². The number of hydrogen-bond donors (Lipinski definition) is 3. The van der Waals surface area contributed by atoms with Gasteiger partial charge in [0.1, 0.15) is 0 Å². The lowest BCUT2D eigenvalue weighted by molar-refractivity contribution is -0.116. The Morgan fingerprint density at radius 2 is 1.56 bits per heavy atom. The second-order valence-corrected chi connectivity index (χ2v) is 10.3. The van der Waals surface area contributed by atoms with Crippen molar-refractivity contribution in [2.75, 3.05) is 26.6 Å². The second-order valence-electron chi connectivity index (χ2n) is 10.3. The van der Waals surface area contributed by atoms with E-state index in [1.165, 1.54) is 13.2 Å². The van der Waals surface area contributed by atoms with E-state index in [0.717, 1.165) is 16.8 Å². The minimum Gasteiger partial charge on any atom is -0.504 e. The molecule has 0 aromatic heterocycles. The Hall–Kier alpha value is -4.72. The van der Waals surface area contributed by atoms with E-state index in [1.54, 1.807) is 26.4 Å². The number of ketones is 1. The number of allylic oxidation sites excluding steroid dienone is 3. The molecule has 0 fully saturated rings. The first-order valence-corrected chi connectivity index (χ1v) is 13.5. The number of amides is 1. The van der Waals surface area contributed by atoms with Crippen LogP contribution >= 0.6 is 0 Å². The first kappa shape index (κ1) is 27.8. The Morgan fingerprint density at radius 3 is 2.27 bits per heavy atom. The highest BCUT2D eigenvalue weighted by Crippen LogP contribution is 2.47. The zero-order valence-electron chi connectivity index (χ0n) is 23.8. The van der Waals surface area contributed by atoms with Crippen molar-refractivity contribution in [2.45, 2.75) is 38.5 Å². The van der Waals surface area contributed by atoms with Gasteiger partial charge in [-0.1, -0.05) is 30.3 Å². The Balaban J connectivity index is 1.58. The molecule has 5 rings (SSSR count). The maximum Gasteiger partial charge on any atom is 0.254 e. The molecule has 3 N–H and O–H groups in total. The topological polar surface area (TPSA) is 106 Å². The number of anilines is 1. The van der Waals surface area contributed by atoms with Crippen molar-refractivity contribution in [2.24, 2.45) is 0 Å². The number of carbonyl (C=O) groups is 2. The molecule has 0 unspecified atom stereocenters. The molecule has 0 radical (unpaired) electrons. The van der Waals surface area contributed by atoms with Crippen LogP contribution in [0.1, 0.15) is 48.3 Å². The van der Waals surface area contributed by atoms with E-state index in [9.17, 15) is 14.7 Å². The second kappa shape index (κ2) is 11.4. The normalized spacial score (nSPS) is 18.4. The van der Waals surface area contributed by atoms with Gasteiger partial charge in [0, 0.05) is 40.6 Å². The summed E-state index contributed by atoms with van der Waals surface area (Å²) in [5, 5.41) is 16.7. The molecule has 0 spiro atoms. The van der Waals surface area contributed by atoms with Crippen LogP contribution in [0.4, 0.5) is 5.69 Å². The van der Waals surface area contributed by atoms with Gasteiger partial charge in [-0.05, 0) is 73.2 Å². The van der Waals surface area contributed by atoms with E-state index in [2.05, 4.69) is 10.6 Å². The zero-order valence-corrected chi connectivity index (χ0v) is 23.8. The fraction of sp³-hybridized carbons (Fsp3) is 0.273. The number of phenols is 1. The summed E-state index contributed by atoms with van der Waals surface area (Å²) in [5.74, 6) is 0.391. The predicted octanol–water partition coefficient (Wildman–Crippen LogP) is 5.73. The number of Topliss-reactive ketones (excluding diaryl/α,β-unsaturated/α-hetero) is 1. The lowest BCUT2D eigenvalue weighted by Gasteiger charge is -2.37. The minimum absolute atomic E-state index is 0.0190. The molecule has 0 saturated carbocycles. The summed E-state index contributed by atoms with van der Waals surface area (Å²) in [6, 6.07) is 18.2. The quantitative estimate of drug-likeness (QED) is 0.343. The van der Waals surface area contributed by atoms with Gasteiger partial charge in [0.25, 0.3) is 5.91 Å². The monoisotopic (exact) mass is 554 g/mol. The smallest absolute Gasteiger partial charge is 0.254 e. The molecule has 0 bridgehead atoms. The van der Waals surface area contributed by atoms with Gasteiger partial charge in [0.2, 0.25) is 0 Å². The number of carbonyl (C=O) groups excluding carboxylic acids is 2. The van der Waals surface area contributed by atoms with Gasteiger partial charge in [-0.2, -0.15) is 0 Å². The molecule has 0 saturated heterocycles. The first-order valence-electron chi connectivity index (χ1n) is 13.5. The van der Waals surface area contributed by atoms with Crippen molar-refractivity contribution in [3.05, 3.63) is 99.9 Å². The molecule has 2 atom stereocenters. The fourth-order valence-corrected chi connectivity index (χ4v) is 5.79. The van der Waals surface area contributed by atoms with Crippen LogP contribution in [0, 0.1) is 6.92 Å². The number of hydrogen-bond acceptors (Lipinski definition) is 7. The van der Waals surface area contributed by atoms with E-state index < -0.39 is 5.92 Å². The third-order valence-corrected chi connectivity index (χ3v) is 7.88. The summed E-state index contributed by atoms with van der Waals surface area (Å²) >= 11 is 0. The number of methoxy groups -OCH3 is 3. The van der Waals surface area contributed by atoms with Crippen LogP contribution < -0.4 is 24.8 Å². The van der Waals surface area contributed by atoms with Crippen molar-refractivity contribution in [1.82, 2.24) is 5.32 Å². The van der Waals surface area contributed by atoms with Gasteiger partial charge < -0.3 is 30.0 Å². The predicted molar refractivity (Wildman–Crippen MR) is 157 cm³/mol. The highest BCUT2D eigenvalue weighted by molar-refractivity contribution is 6.10. The molecule has 1 amide bonds. The molecule has 3 aromatic carbocycles. The number of ether oxygens (including phenoxy) is 3. The van der Waals surface area contributed by atoms with Crippen molar-refractivity contribution < 1.29 is 28.9 Å². The lowest BCUT2D eigenvalue weighted by Crippen LogP contribution is -2.37. The van der Waals surface area contributed by atoms with Gasteiger partial charge in [-0.25, -0.2) is 0 Å². The molecule has 41 heavy (non-hydrogen) atoms. The average Bonchev–Trinajstić information content (AvgIpc) is 2.97. The number of dihydropyridines is 1. The summed E-state index contributed by atoms with van der Waals surface area (Å²) in [5.41, 5.74) is 5.71. The molecule has 3 aromatic rings. The number of nitrogens with one attached hydrogen (secondary N) is 2. The van der Waals surface area contributed by atoms with E-state index >= 15 is 0 Å². The van der Waals surface area contributed by atoms with Gasteiger partial charge >= 0.3 is 0 Å². The van der Waals surface area contributed by atoms with E-state index in [-0.39, 0.29) is 35.5 Å². The van der Waals surface area contributed by atoms with Gasteiger partial charge in [-0.3, -0.25) is 9.59 Å². The summed E-state index contributed by atoms with van der Waals surface area (Å²) in [4.78, 5) is 27.9. The van der Waals surface area contributed by atoms with Gasteiger partial charge in [0.15, 0.2) is 28.8 Å². The molecule has 8 heteroatoms. The van der Waals surface area contributed by atoms with Gasteiger partial charge in [0.05, 0.1) is 21.3 Å². The van der Waals surface area contributed by atoms with Crippen molar-refractivity contribution >= 4 is 17.4 Å². The van der Waals surface area contributed by atoms with Gasteiger partial charge in [-0.15, -0.1) is 0 Å². The average molecular weight is 555 g/mol. The van der Waals surface area contributed by atoms with Crippen LogP contribution in [0.25, 0.3) is 0 Å². The Kier molecular flexibility index (Phi) is 7.75. The standard InChI is InChI=1S/C33H34N2O6/c1-18-8-6-7-9-23(18)35-33(38)30-19(2)34-24-14-22(20-11-13-27(39-3)29(16-20)41-5)15-26(37)32(24)31(30)21-10-12-25(36)28(17-21)40-4/h6-13,16-17,22,31,34,36H,14-15H2,1-5H3,(H,35,38)/t22-,31+/m1/s1. The van der Waals surface area contributed by atoms with Crippen LogP contribution in [0.2, 0.25) is 0 Å². The van der Waals surface area contributed by atoms with Crippen LogP contribution in [-0.2, 0) is 9.59 Å². The molecule has 2 aliphatic rings. The van der Waals surface area contributed by atoms with Crippen molar-refractivity contribution in [1.29, 1.82) is 0 Å². The summed E-state index contributed by atoms with van der Waals surface area (Å²) in [7, 11) is 4.65. The lowest BCUT2D eigenvalue weighted by atomic mass is 9.71. The molecule has 1 heterocycles. The van der Waals surface area contributed by atoms with Crippen LogP contribution in [-0.4, -0.2) is 38.1 Å². The number of benzene rings is 3. The Morgan fingerprint density at radius 1 is 0.878 bits per heavy atom. The minimum atomic E-state index is -0.649. The Labute approximate surface area is 239 Å². The van der Waals surface area contributed by atoms with E-state index in [1.807, 2.05) is 56.3 Å². The zero-order chi connectivity index (χ0) is 29.3. The first-order chi connectivity index (χ1) is 19.7. The third kappa shape index (κ3) is 5.25. The number of rotatable bonds is 7. The number of para-hydroxylation sites is 1. The summed E-state index contributed by atoms with van der Waals surface area (Å²) in [6.45, 7) is 3.78.